The van der Waals surface area contributed by atoms with E-state index in [1.807, 2.05) is 0 Å². The molecule has 0 aliphatic heterocycles. The van der Waals surface area contributed by atoms with Gasteiger partial charge in [0, 0.05) is 12.3 Å². The first-order valence-corrected chi connectivity index (χ1v) is 4.57. The number of aromatic nitrogens is 3. The van der Waals surface area contributed by atoms with Crippen molar-refractivity contribution in [3.8, 4) is 5.88 Å². The minimum Gasteiger partial charge on any atom is -0.475 e. The Balaban J connectivity index is 2.51. The smallest absolute Gasteiger partial charge is 0.218 e. The molecule has 0 saturated heterocycles. The molecule has 0 aliphatic rings. The van der Waals surface area contributed by atoms with E-state index in [-0.39, 0.29) is 13.2 Å². The Bertz CT molecular complexity index is 480. The third kappa shape index (κ3) is 1.59. The lowest BCUT2D eigenvalue weighted by atomic mass is 10.4. The largest absolute Gasteiger partial charge is 0.475 e. The summed E-state index contributed by atoms with van der Waals surface area (Å²) in [5, 5.41) is 12.9. The molecule has 0 aromatic carbocycles. The third-order valence-corrected chi connectivity index (χ3v) is 2.05. The Labute approximate surface area is 86.3 Å². The van der Waals surface area contributed by atoms with Crippen LogP contribution in [-0.4, -0.2) is 32.9 Å². The summed E-state index contributed by atoms with van der Waals surface area (Å²) < 4.78 is 6.82. The second-order valence-corrected chi connectivity index (χ2v) is 3.09. The van der Waals surface area contributed by atoms with Crippen LogP contribution < -0.4 is 10.5 Å². The lowest BCUT2D eigenvalue weighted by Gasteiger charge is -2.04. The van der Waals surface area contributed by atoms with Gasteiger partial charge in [-0.15, -0.1) is 0 Å². The molecule has 0 radical (unpaired) electrons. The number of aliphatic hydroxyl groups is 1. The van der Waals surface area contributed by atoms with E-state index >= 15 is 0 Å². The first-order valence-electron chi connectivity index (χ1n) is 4.57. The number of nitrogen functional groups attached to an aromatic ring is 1. The Hall–Kier alpha value is -1.82. The van der Waals surface area contributed by atoms with Crippen LogP contribution in [0.3, 0.4) is 0 Å². The van der Waals surface area contributed by atoms with Crippen molar-refractivity contribution in [3.05, 3.63) is 18.0 Å². The molecule has 0 bridgehead atoms. The first-order chi connectivity index (χ1) is 7.24. The molecular weight excluding hydrogens is 196 g/mol. The van der Waals surface area contributed by atoms with E-state index in [1.54, 1.807) is 19.2 Å². The van der Waals surface area contributed by atoms with Crippen molar-refractivity contribution in [1.82, 2.24) is 14.6 Å². The summed E-state index contributed by atoms with van der Waals surface area (Å²) in [5.41, 5.74) is 7.61. The van der Waals surface area contributed by atoms with Crippen molar-refractivity contribution in [2.24, 2.45) is 0 Å². The Morgan fingerprint density at radius 2 is 2.40 bits per heavy atom. The molecular formula is C9H12N4O2. The van der Waals surface area contributed by atoms with Gasteiger partial charge in [0.2, 0.25) is 5.88 Å². The minimum absolute atomic E-state index is 0.0421. The average molecular weight is 208 g/mol. The fourth-order valence-electron chi connectivity index (χ4n) is 1.31. The molecule has 0 fully saturated rings. The van der Waals surface area contributed by atoms with Gasteiger partial charge in [-0.1, -0.05) is 0 Å². The molecule has 6 heteroatoms. The van der Waals surface area contributed by atoms with Gasteiger partial charge in [0.05, 0.1) is 12.3 Å². The topological polar surface area (TPSA) is 85.7 Å². The van der Waals surface area contributed by atoms with Crippen molar-refractivity contribution in [3.63, 3.8) is 0 Å². The van der Waals surface area contributed by atoms with Gasteiger partial charge >= 0.3 is 0 Å². The maximum atomic E-state index is 8.66. The molecule has 2 aromatic heterocycles. The highest BCUT2D eigenvalue weighted by Gasteiger charge is 2.10. The van der Waals surface area contributed by atoms with Crippen molar-refractivity contribution in [2.45, 2.75) is 6.92 Å². The number of aryl methyl sites for hydroxylation is 1. The molecule has 0 spiro atoms. The van der Waals surface area contributed by atoms with E-state index in [0.717, 1.165) is 0 Å². The lowest BCUT2D eigenvalue weighted by molar-refractivity contribution is 0.193. The summed E-state index contributed by atoms with van der Waals surface area (Å²) in [6.07, 6.45) is 1.60. The van der Waals surface area contributed by atoms with E-state index in [4.69, 9.17) is 15.6 Å². The highest BCUT2D eigenvalue weighted by Crippen LogP contribution is 2.19. The predicted octanol–water partition coefficient (Wildman–Crippen LogP) is -0.00898. The van der Waals surface area contributed by atoms with Crippen molar-refractivity contribution in [2.75, 3.05) is 18.9 Å². The van der Waals surface area contributed by atoms with Crippen LogP contribution in [0.25, 0.3) is 5.65 Å². The standard InChI is InChI=1S/C9H12N4O2/c1-6-8(10)9-11-3-2-7(13(9)12-6)15-5-4-14/h2-3,14H,4-5,10H2,1H3. The van der Waals surface area contributed by atoms with E-state index in [9.17, 15) is 0 Å². The number of hydrogen-bond donors (Lipinski definition) is 2. The van der Waals surface area contributed by atoms with Gasteiger partial charge in [-0.2, -0.15) is 9.61 Å². The van der Waals surface area contributed by atoms with Gasteiger partial charge in [-0.05, 0) is 6.92 Å². The average Bonchev–Trinajstić information content (AvgIpc) is 2.53. The molecule has 80 valence electrons. The minimum atomic E-state index is -0.0421. The number of aliphatic hydroxyl groups excluding tert-OH is 1. The van der Waals surface area contributed by atoms with Gasteiger partial charge in [0.1, 0.15) is 12.3 Å². The van der Waals surface area contributed by atoms with E-state index in [2.05, 4.69) is 10.1 Å². The van der Waals surface area contributed by atoms with Gasteiger partial charge in [-0.25, -0.2) is 4.98 Å². The van der Waals surface area contributed by atoms with Crippen molar-refractivity contribution < 1.29 is 9.84 Å². The van der Waals surface area contributed by atoms with Gasteiger partial charge in [-0.3, -0.25) is 0 Å². The lowest BCUT2D eigenvalue weighted by Crippen LogP contribution is -2.06. The summed E-state index contributed by atoms with van der Waals surface area (Å²) in [7, 11) is 0. The number of nitrogens with zero attached hydrogens (tertiary/aromatic N) is 3. The monoisotopic (exact) mass is 208 g/mol. The Morgan fingerprint density at radius 3 is 3.13 bits per heavy atom. The quantitative estimate of drug-likeness (QED) is 0.741. The summed E-state index contributed by atoms with van der Waals surface area (Å²) >= 11 is 0. The zero-order valence-corrected chi connectivity index (χ0v) is 8.34. The number of hydrogen-bond acceptors (Lipinski definition) is 5. The molecule has 3 N–H and O–H groups in total. The van der Waals surface area contributed by atoms with Gasteiger partial charge in [0.15, 0.2) is 5.65 Å². The molecule has 0 aliphatic carbocycles. The maximum absolute atomic E-state index is 8.66. The third-order valence-electron chi connectivity index (χ3n) is 2.05. The Morgan fingerprint density at radius 1 is 1.60 bits per heavy atom. The number of fused-ring (bicyclic) bond motifs is 1. The number of anilines is 1. The Kier molecular flexibility index (Phi) is 2.42. The summed E-state index contributed by atoms with van der Waals surface area (Å²) in [6, 6.07) is 1.68. The van der Waals surface area contributed by atoms with Crippen LogP contribution in [0.1, 0.15) is 5.69 Å². The maximum Gasteiger partial charge on any atom is 0.218 e. The number of nitrogens with two attached hydrogens (primary N) is 1. The molecule has 15 heavy (non-hydrogen) atoms. The van der Waals surface area contributed by atoms with Gasteiger partial charge < -0.3 is 15.6 Å². The van der Waals surface area contributed by atoms with Crippen LogP contribution in [0.15, 0.2) is 12.3 Å². The predicted molar refractivity (Wildman–Crippen MR) is 54.7 cm³/mol. The molecule has 6 nitrogen and oxygen atoms in total. The number of ether oxygens (including phenoxy) is 1. The van der Waals surface area contributed by atoms with Crippen LogP contribution >= 0.6 is 0 Å². The molecule has 0 amide bonds. The molecule has 0 atom stereocenters. The summed E-state index contributed by atoms with van der Waals surface area (Å²) in [6.45, 7) is 1.98. The highest BCUT2D eigenvalue weighted by atomic mass is 16.5. The molecule has 2 aromatic rings. The molecule has 2 rings (SSSR count). The fraction of sp³-hybridized carbons (Fsp3) is 0.333. The second-order valence-electron chi connectivity index (χ2n) is 3.09. The van der Waals surface area contributed by atoms with Crippen LogP contribution in [-0.2, 0) is 0 Å². The van der Waals surface area contributed by atoms with E-state index < -0.39 is 0 Å². The number of rotatable bonds is 3. The first kappa shape index (κ1) is 9.72. The zero-order chi connectivity index (χ0) is 10.8. The SMILES string of the molecule is Cc1nn2c(OCCO)ccnc2c1N. The summed E-state index contributed by atoms with van der Waals surface area (Å²) in [5.74, 6) is 0.522. The van der Waals surface area contributed by atoms with Crippen molar-refractivity contribution >= 4 is 11.3 Å². The molecule has 2 heterocycles. The normalized spacial score (nSPS) is 10.8. The van der Waals surface area contributed by atoms with E-state index in [1.165, 1.54) is 4.52 Å². The van der Waals surface area contributed by atoms with Crippen LogP contribution in [0, 0.1) is 6.92 Å². The van der Waals surface area contributed by atoms with E-state index in [0.29, 0.717) is 22.9 Å². The van der Waals surface area contributed by atoms with Crippen LogP contribution in [0.4, 0.5) is 5.69 Å². The second kappa shape index (κ2) is 3.74. The highest BCUT2D eigenvalue weighted by molar-refractivity contribution is 5.67. The van der Waals surface area contributed by atoms with Crippen molar-refractivity contribution in [1.29, 1.82) is 0 Å². The van der Waals surface area contributed by atoms with Gasteiger partial charge in [0.25, 0.3) is 0 Å². The van der Waals surface area contributed by atoms with Crippen LogP contribution in [0.2, 0.25) is 0 Å². The molecule has 0 unspecified atom stereocenters. The summed E-state index contributed by atoms with van der Waals surface area (Å²) in [4.78, 5) is 4.10. The fourth-order valence-corrected chi connectivity index (χ4v) is 1.31. The zero-order valence-electron chi connectivity index (χ0n) is 8.34. The molecule has 0 saturated carbocycles. The van der Waals surface area contributed by atoms with Crippen LogP contribution in [0.5, 0.6) is 5.88 Å².